The van der Waals surface area contributed by atoms with Crippen molar-refractivity contribution < 1.29 is 4.79 Å². The third-order valence-electron chi connectivity index (χ3n) is 4.15. The minimum atomic E-state index is -1.09. The summed E-state index contributed by atoms with van der Waals surface area (Å²) in [5.41, 5.74) is 14.2. The number of rotatable bonds is 4. The van der Waals surface area contributed by atoms with Crippen molar-refractivity contribution in [3.8, 4) is 0 Å². The molecule has 3 nitrogen and oxygen atoms in total. The topological polar surface area (TPSA) is 69.1 Å². The van der Waals surface area contributed by atoms with E-state index >= 15 is 0 Å². The van der Waals surface area contributed by atoms with E-state index in [0.29, 0.717) is 6.42 Å². The second kappa shape index (κ2) is 4.54. The summed E-state index contributed by atoms with van der Waals surface area (Å²) in [4.78, 5) is 12.2. The van der Waals surface area contributed by atoms with Gasteiger partial charge in [-0.15, -0.1) is 0 Å². The van der Waals surface area contributed by atoms with Gasteiger partial charge in [-0.3, -0.25) is 4.79 Å². The van der Waals surface area contributed by atoms with Crippen molar-refractivity contribution in [1.82, 2.24) is 0 Å². The van der Waals surface area contributed by atoms with Crippen LogP contribution in [0.1, 0.15) is 24.5 Å². The van der Waals surface area contributed by atoms with E-state index < -0.39 is 5.54 Å². The van der Waals surface area contributed by atoms with Gasteiger partial charge in [0, 0.05) is 13.0 Å². The molecule has 0 saturated carbocycles. The maximum Gasteiger partial charge on any atom is 0.158 e. The number of ketones is 1. The molecule has 0 bridgehead atoms. The van der Waals surface area contributed by atoms with Crippen molar-refractivity contribution >= 4 is 29.6 Å². The lowest BCUT2D eigenvalue weighted by Crippen LogP contribution is -2.55. The zero-order valence-corrected chi connectivity index (χ0v) is 11.5. The van der Waals surface area contributed by atoms with Gasteiger partial charge >= 0.3 is 0 Å². The van der Waals surface area contributed by atoms with E-state index in [4.69, 9.17) is 11.5 Å². The lowest BCUT2D eigenvalue weighted by molar-refractivity contribution is -0.121. The third-order valence-corrected chi connectivity index (χ3v) is 4.15. The van der Waals surface area contributed by atoms with Gasteiger partial charge in [-0.25, -0.2) is 0 Å². The van der Waals surface area contributed by atoms with Gasteiger partial charge in [0.1, 0.15) is 5.54 Å². The first kappa shape index (κ1) is 13.0. The normalized spacial score (nSPS) is 17.6. The van der Waals surface area contributed by atoms with Crippen LogP contribution in [0.3, 0.4) is 0 Å². The summed E-state index contributed by atoms with van der Waals surface area (Å²) >= 11 is 0. The molecule has 0 spiro atoms. The second-order valence-corrected chi connectivity index (χ2v) is 5.29. The molecule has 102 valence electrons. The molecule has 2 aliphatic rings. The molecule has 3 heteroatoms. The summed E-state index contributed by atoms with van der Waals surface area (Å²) in [6.45, 7) is 1.94. The summed E-state index contributed by atoms with van der Waals surface area (Å²) in [6, 6.07) is 4.22. The fourth-order valence-electron chi connectivity index (χ4n) is 2.91. The number of carbonyl (C=O) groups is 1. The number of hydrogen-bond acceptors (Lipinski definition) is 3. The van der Waals surface area contributed by atoms with Gasteiger partial charge in [-0.1, -0.05) is 37.3 Å². The highest BCUT2D eigenvalue weighted by molar-refractivity contribution is 6.02. The number of allylic oxidation sites excluding steroid dienone is 1. The molecule has 1 unspecified atom stereocenters. The van der Waals surface area contributed by atoms with E-state index in [1.165, 1.54) is 5.22 Å². The minimum absolute atomic E-state index is 0.0184. The van der Waals surface area contributed by atoms with Crippen molar-refractivity contribution in [1.29, 1.82) is 0 Å². The summed E-state index contributed by atoms with van der Waals surface area (Å²) in [7, 11) is 0. The van der Waals surface area contributed by atoms with Crippen molar-refractivity contribution in [3.05, 3.63) is 45.8 Å². The Morgan fingerprint density at radius 2 is 2.00 bits per heavy atom. The Hall–Kier alpha value is -1.97. The second-order valence-electron chi connectivity index (χ2n) is 5.29. The quantitative estimate of drug-likeness (QED) is 0.824. The average Bonchev–Trinajstić information content (AvgIpc) is 3.08. The molecular weight excluding hydrogens is 248 g/mol. The van der Waals surface area contributed by atoms with Gasteiger partial charge in [0.05, 0.1) is 0 Å². The highest BCUT2D eigenvalue weighted by Gasteiger charge is 2.35. The van der Waals surface area contributed by atoms with Gasteiger partial charge in [0.15, 0.2) is 5.78 Å². The molecule has 0 aromatic heterocycles. The monoisotopic (exact) mass is 266 g/mol. The zero-order valence-electron chi connectivity index (χ0n) is 11.5. The fraction of sp³-hybridized carbons (Fsp3) is 0.235. The molecule has 0 aliphatic heterocycles. The highest BCUT2D eigenvalue weighted by Crippen LogP contribution is 2.23. The van der Waals surface area contributed by atoms with Gasteiger partial charge in [-0.05, 0) is 39.3 Å². The van der Waals surface area contributed by atoms with Gasteiger partial charge < -0.3 is 11.5 Å². The molecule has 1 atom stereocenters. The Bertz CT molecular complexity index is 771. The van der Waals surface area contributed by atoms with E-state index in [1.54, 1.807) is 0 Å². The molecule has 0 radical (unpaired) electrons. The van der Waals surface area contributed by atoms with Crippen LogP contribution in [0.4, 0.5) is 0 Å². The van der Waals surface area contributed by atoms with Crippen molar-refractivity contribution in [2.24, 2.45) is 11.5 Å². The number of fused-ring (bicyclic) bond motifs is 2. The molecule has 0 saturated heterocycles. The maximum atomic E-state index is 12.2. The Morgan fingerprint density at radius 3 is 2.70 bits per heavy atom. The maximum absolute atomic E-state index is 12.2. The number of Topliss-reactive ketones (excluding diaryl/α,β-unsaturated/α-hetero) is 1. The highest BCUT2D eigenvalue weighted by atomic mass is 16.1. The van der Waals surface area contributed by atoms with Gasteiger partial charge in [0.2, 0.25) is 0 Å². The molecule has 0 fully saturated rings. The van der Waals surface area contributed by atoms with Crippen molar-refractivity contribution in [2.75, 3.05) is 6.54 Å². The summed E-state index contributed by atoms with van der Waals surface area (Å²) in [6.07, 6.45) is 10.5. The van der Waals surface area contributed by atoms with Crippen LogP contribution in [0.25, 0.3) is 23.8 Å². The summed E-state index contributed by atoms with van der Waals surface area (Å²) in [5, 5.41) is 2.23. The first-order chi connectivity index (χ1) is 9.60. The van der Waals surface area contributed by atoms with E-state index in [9.17, 15) is 4.79 Å². The standard InChI is InChI=1S/C17H18N2O/c1-2-16(20)17(19,10-18)15-7-6-13-8-11-4-3-5-12(11)9-14(13)15/h3-9H,2,10,18-19H2,1H3. The predicted molar refractivity (Wildman–Crippen MR) is 82.9 cm³/mol. The summed E-state index contributed by atoms with van der Waals surface area (Å²) < 4.78 is 0. The Labute approximate surface area is 118 Å². The summed E-state index contributed by atoms with van der Waals surface area (Å²) in [5.74, 6) is -0.0184. The molecule has 20 heavy (non-hydrogen) atoms. The average molecular weight is 266 g/mol. The molecule has 4 N–H and O–H groups in total. The van der Waals surface area contributed by atoms with Gasteiger partial charge in [-0.2, -0.15) is 0 Å². The number of benzene rings is 1. The first-order valence-corrected chi connectivity index (χ1v) is 6.87. The van der Waals surface area contributed by atoms with E-state index in [0.717, 1.165) is 21.9 Å². The van der Waals surface area contributed by atoms with Crippen LogP contribution in [0.2, 0.25) is 0 Å². The third kappa shape index (κ3) is 1.71. The molecular formula is C17H18N2O. The van der Waals surface area contributed by atoms with Crippen molar-refractivity contribution in [3.63, 3.8) is 0 Å². The minimum Gasteiger partial charge on any atom is -0.328 e. The van der Waals surface area contributed by atoms with Crippen molar-refractivity contribution in [2.45, 2.75) is 18.9 Å². The SMILES string of the molecule is CCC(=O)C(N)(CN)C1=c2cc3c(cc2C=C1)=CC=C3. The first-order valence-electron chi connectivity index (χ1n) is 6.87. The molecule has 0 heterocycles. The van der Waals surface area contributed by atoms with Crippen LogP contribution in [-0.2, 0) is 4.79 Å². The smallest absolute Gasteiger partial charge is 0.158 e. The molecule has 1 aromatic carbocycles. The van der Waals surface area contributed by atoms with Crippen LogP contribution in [0.5, 0.6) is 0 Å². The van der Waals surface area contributed by atoms with Gasteiger partial charge in [0.25, 0.3) is 0 Å². The fourth-order valence-corrected chi connectivity index (χ4v) is 2.91. The zero-order chi connectivity index (χ0) is 14.3. The lowest BCUT2D eigenvalue weighted by atomic mass is 9.84. The molecule has 1 aromatic rings. The number of hydrogen-bond donors (Lipinski definition) is 2. The van der Waals surface area contributed by atoms with E-state index in [-0.39, 0.29) is 12.3 Å². The van der Waals surface area contributed by atoms with E-state index in [1.807, 2.05) is 25.2 Å². The number of nitrogens with two attached hydrogens (primary N) is 2. The lowest BCUT2D eigenvalue weighted by Gasteiger charge is -2.26. The molecule has 0 amide bonds. The molecule has 2 aliphatic carbocycles. The largest absolute Gasteiger partial charge is 0.328 e. The Kier molecular flexibility index (Phi) is 2.96. The van der Waals surface area contributed by atoms with E-state index in [2.05, 4.69) is 24.3 Å². The van der Waals surface area contributed by atoms with Crippen LogP contribution < -0.4 is 21.9 Å². The van der Waals surface area contributed by atoms with Crippen LogP contribution in [0.15, 0.2) is 24.3 Å². The Balaban J connectivity index is 2.27. The van der Waals surface area contributed by atoms with Crippen LogP contribution in [0, 0.1) is 0 Å². The van der Waals surface area contributed by atoms with Crippen LogP contribution in [-0.4, -0.2) is 17.9 Å². The predicted octanol–water partition coefficient (Wildman–Crippen LogP) is 0.307. The van der Waals surface area contributed by atoms with Crippen LogP contribution >= 0.6 is 0 Å². The number of carbonyl (C=O) groups excluding carboxylic acids is 1. The molecule has 3 rings (SSSR count). The Morgan fingerprint density at radius 1 is 1.20 bits per heavy atom.